The summed E-state index contributed by atoms with van der Waals surface area (Å²) in [7, 11) is 0. The van der Waals surface area contributed by atoms with E-state index in [-0.39, 0.29) is 5.41 Å². The zero-order valence-corrected chi connectivity index (χ0v) is 11.6. The zero-order chi connectivity index (χ0) is 12.9. The molecule has 0 bridgehead atoms. The van der Waals surface area contributed by atoms with Crippen molar-refractivity contribution in [1.29, 1.82) is 0 Å². The zero-order valence-electron chi connectivity index (χ0n) is 11.6. The molecule has 2 aromatic rings. The van der Waals surface area contributed by atoms with Gasteiger partial charge in [-0.1, -0.05) is 0 Å². The van der Waals surface area contributed by atoms with Gasteiger partial charge in [-0.15, -0.1) is 0 Å². The summed E-state index contributed by atoms with van der Waals surface area (Å²) < 4.78 is 0.520. The van der Waals surface area contributed by atoms with Crippen molar-refractivity contribution < 1.29 is 0 Å². The molecular weight excluding hydrogens is 211 g/mol. The Kier molecular flexibility index (Phi) is 2.70. The van der Waals surface area contributed by atoms with Crippen LogP contribution in [0.1, 0.15) is 42.1 Å². The SMILES string of the molecule is [Li][CH]1c2ccccc2-c2cccc(C(C)(C)C)c21. The molecule has 18 heavy (non-hydrogen) atoms. The van der Waals surface area contributed by atoms with Crippen molar-refractivity contribution in [1.82, 2.24) is 0 Å². The van der Waals surface area contributed by atoms with Gasteiger partial charge in [-0.25, -0.2) is 0 Å². The molecule has 0 N–H and O–H groups in total. The first kappa shape index (κ1) is 12.1. The van der Waals surface area contributed by atoms with Gasteiger partial charge in [0.15, 0.2) is 0 Å². The van der Waals surface area contributed by atoms with Gasteiger partial charge < -0.3 is 0 Å². The maximum atomic E-state index is 2.33. The normalized spacial score (nSPS) is 17.5. The van der Waals surface area contributed by atoms with Gasteiger partial charge in [-0.05, 0) is 0 Å². The van der Waals surface area contributed by atoms with Crippen LogP contribution in [0.5, 0.6) is 0 Å². The molecule has 2 aromatic carbocycles. The first-order chi connectivity index (χ1) is 8.50. The summed E-state index contributed by atoms with van der Waals surface area (Å²) in [5.74, 6) is 0. The molecule has 0 nitrogen and oxygen atoms in total. The Morgan fingerprint density at radius 1 is 0.889 bits per heavy atom. The summed E-state index contributed by atoms with van der Waals surface area (Å²) in [6.45, 7) is 6.91. The van der Waals surface area contributed by atoms with E-state index < -0.39 is 0 Å². The first-order valence-corrected chi connectivity index (χ1v) is 6.73. The quantitative estimate of drug-likeness (QED) is 0.592. The number of fused-ring (bicyclic) bond motifs is 3. The molecule has 1 atom stereocenters. The Hall–Kier alpha value is -0.963. The van der Waals surface area contributed by atoms with Gasteiger partial charge in [0, 0.05) is 0 Å². The van der Waals surface area contributed by atoms with Gasteiger partial charge in [0.1, 0.15) is 0 Å². The van der Waals surface area contributed by atoms with Crippen molar-refractivity contribution in [2.45, 2.75) is 30.8 Å². The predicted octanol–water partition coefficient (Wildman–Crippen LogP) is 4.22. The maximum absolute atomic E-state index is 2.33. The molecule has 0 saturated heterocycles. The van der Waals surface area contributed by atoms with Crippen LogP contribution >= 0.6 is 0 Å². The molecule has 86 valence electrons. The van der Waals surface area contributed by atoms with E-state index in [2.05, 4.69) is 81.0 Å². The third-order valence-corrected chi connectivity index (χ3v) is 4.06. The van der Waals surface area contributed by atoms with E-state index in [9.17, 15) is 0 Å². The van der Waals surface area contributed by atoms with Crippen LogP contribution in [0, 0.1) is 0 Å². The van der Waals surface area contributed by atoms with Crippen molar-refractivity contribution in [3.8, 4) is 11.1 Å². The molecule has 1 unspecified atom stereocenters. The van der Waals surface area contributed by atoms with E-state index in [1.54, 1.807) is 0 Å². The van der Waals surface area contributed by atoms with Crippen LogP contribution in [0.3, 0.4) is 0 Å². The molecule has 0 radical (unpaired) electrons. The van der Waals surface area contributed by atoms with E-state index in [4.69, 9.17) is 0 Å². The minimum absolute atomic E-state index is 0.210. The van der Waals surface area contributed by atoms with Gasteiger partial charge in [-0.2, -0.15) is 0 Å². The van der Waals surface area contributed by atoms with Crippen LogP contribution in [0.15, 0.2) is 42.5 Å². The summed E-state index contributed by atoms with van der Waals surface area (Å²) in [6.07, 6.45) is 0. The van der Waals surface area contributed by atoms with E-state index in [1.807, 2.05) is 0 Å². The summed E-state index contributed by atoms with van der Waals surface area (Å²) in [6, 6.07) is 15.6. The Morgan fingerprint density at radius 3 is 2.28 bits per heavy atom. The standard InChI is InChI=1S/C17H17.Li/c1-17(2,3)16-10-6-9-14-13-8-5-4-7-12(13)11-15(14)16;/h4-11H,1-3H3;. The third-order valence-electron chi connectivity index (χ3n) is 4.06. The molecule has 3 rings (SSSR count). The second-order valence-corrected chi connectivity index (χ2v) is 6.33. The molecule has 1 aliphatic rings. The van der Waals surface area contributed by atoms with Gasteiger partial charge in [-0.3, -0.25) is 0 Å². The molecule has 0 amide bonds. The monoisotopic (exact) mass is 228 g/mol. The van der Waals surface area contributed by atoms with Crippen LogP contribution in [0.25, 0.3) is 11.1 Å². The predicted molar refractivity (Wildman–Crippen MR) is 78.2 cm³/mol. The minimum atomic E-state index is 0.210. The Balaban J connectivity index is 2.31. The molecule has 0 spiro atoms. The van der Waals surface area contributed by atoms with Gasteiger partial charge in [0.25, 0.3) is 0 Å². The summed E-state index contributed by atoms with van der Waals surface area (Å²) in [5, 5.41) is 0. The van der Waals surface area contributed by atoms with E-state index >= 15 is 0 Å². The first-order valence-electron chi connectivity index (χ1n) is 6.73. The van der Waals surface area contributed by atoms with Crippen molar-refractivity contribution in [3.63, 3.8) is 0 Å². The van der Waals surface area contributed by atoms with E-state index in [1.165, 1.54) is 27.8 Å². The Morgan fingerprint density at radius 2 is 1.56 bits per heavy atom. The summed E-state index contributed by atoms with van der Waals surface area (Å²) in [4.78, 5) is 0. The van der Waals surface area contributed by atoms with Crippen molar-refractivity contribution >= 4 is 17.7 Å². The number of hydrogen-bond acceptors (Lipinski definition) is 0. The van der Waals surface area contributed by atoms with Crippen LogP contribution in [0.2, 0.25) is 0 Å². The van der Waals surface area contributed by atoms with Crippen LogP contribution in [-0.4, -0.2) is 17.7 Å². The molecule has 0 aliphatic heterocycles. The fraction of sp³-hybridized carbons (Fsp3) is 0.294. The Labute approximate surface area is 119 Å². The third kappa shape index (κ3) is 1.68. The summed E-state index contributed by atoms with van der Waals surface area (Å²) in [5.41, 5.74) is 7.57. The van der Waals surface area contributed by atoms with Crippen molar-refractivity contribution in [2.75, 3.05) is 0 Å². The fourth-order valence-electron chi connectivity index (χ4n) is 3.20. The summed E-state index contributed by atoms with van der Waals surface area (Å²) >= 11 is 2.33. The van der Waals surface area contributed by atoms with E-state index in [0.717, 1.165) is 0 Å². The molecule has 0 aromatic heterocycles. The van der Waals surface area contributed by atoms with Crippen molar-refractivity contribution in [3.05, 3.63) is 59.2 Å². The van der Waals surface area contributed by atoms with Crippen LogP contribution in [0.4, 0.5) is 0 Å². The topological polar surface area (TPSA) is 0 Å². The average Bonchev–Trinajstić information content (AvgIpc) is 2.63. The fourth-order valence-corrected chi connectivity index (χ4v) is 3.20. The van der Waals surface area contributed by atoms with Gasteiger partial charge in [0.05, 0.1) is 0 Å². The van der Waals surface area contributed by atoms with E-state index in [0.29, 0.717) is 4.59 Å². The molecule has 1 heteroatoms. The average molecular weight is 228 g/mol. The number of rotatable bonds is 0. The second-order valence-electron chi connectivity index (χ2n) is 6.33. The molecule has 0 heterocycles. The Bertz CT molecular complexity index is 605. The van der Waals surface area contributed by atoms with Gasteiger partial charge in [0.2, 0.25) is 0 Å². The second kappa shape index (κ2) is 4.02. The molecular formula is C17H17Li. The van der Waals surface area contributed by atoms with Crippen LogP contribution < -0.4 is 0 Å². The molecule has 0 saturated carbocycles. The molecule has 0 fully saturated rings. The van der Waals surface area contributed by atoms with Crippen LogP contribution in [-0.2, 0) is 5.41 Å². The van der Waals surface area contributed by atoms with Gasteiger partial charge >= 0.3 is 119 Å². The molecule has 1 aliphatic carbocycles. The van der Waals surface area contributed by atoms with Crippen molar-refractivity contribution in [2.24, 2.45) is 0 Å². The number of benzene rings is 2. The number of hydrogen-bond donors (Lipinski definition) is 0.